The molecule has 0 atom stereocenters. The first-order chi connectivity index (χ1) is 0. The van der Waals surface area contributed by atoms with Crippen molar-refractivity contribution in [3.05, 3.63) is 0 Å². The molecule has 2 N–H and O–H groups in total. The Morgan fingerprint density at radius 1 is 1.00 bits per heavy atom. The molecule has 0 aromatic rings. The molecule has 0 spiro atoms. The summed E-state index contributed by atoms with van der Waals surface area (Å²) in [5.74, 6) is 0. The van der Waals surface area contributed by atoms with Gasteiger partial charge in [-0.3, -0.25) is 0 Å². The van der Waals surface area contributed by atoms with Crippen molar-refractivity contribution in [1.82, 2.24) is 0 Å². The van der Waals surface area contributed by atoms with Crippen LogP contribution >= 0.6 is 0 Å². The molecule has 0 aromatic carbocycles. The van der Waals surface area contributed by atoms with Crippen molar-refractivity contribution < 1.29 is 41.1 Å². The van der Waals surface area contributed by atoms with Crippen LogP contribution in [0.15, 0.2) is 0 Å². The standard InChI is InChI=1S/La.Li.H2O.Tl/h;;1H2;. The molecule has 0 bridgehead atoms. The van der Waals surface area contributed by atoms with Crippen LogP contribution in [0.3, 0.4) is 0 Å². The molecule has 3 radical (unpaired) electrons. The van der Waals surface area contributed by atoms with Crippen LogP contribution in [-0.4, -0.2) is 51.6 Å². The van der Waals surface area contributed by atoms with Gasteiger partial charge in [-0.1, -0.05) is 0 Å². The van der Waals surface area contributed by atoms with Crippen molar-refractivity contribution in [3.63, 3.8) is 0 Å². The Kier molecular flexibility index (Phi) is 130. The predicted molar refractivity (Wildman–Crippen MR) is 15.1 cm³/mol. The summed E-state index contributed by atoms with van der Waals surface area (Å²) >= 11 is 0. The molecule has 0 aliphatic heterocycles. The molecule has 0 unspecified atom stereocenters. The van der Waals surface area contributed by atoms with Crippen LogP contribution in [0, 0.1) is 35.6 Å². The van der Waals surface area contributed by atoms with E-state index in [9.17, 15) is 0 Å². The Bertz CT molecular complexity index is 8.00. The zero-order valence-corrected chi connectivity index (χ0v) is 10.8. The number of rotatable bonds is 0. The van der Waals surface area contributed by atoms with Crippen molar-refractivity contribution in [2.24, 2.45) is 0 Å². The molecule has 4 heavy (non-hydrogen) atoms. The van der Waals surface area contributed by atoms with E-state index in [1.54, 1.807) is 0 Å². The SMILES string of the molecule is O.[La].[Li].[Tl]. The molecule has 4 heteroatoms. The topological polar surface area (TPSA) is 31.5 Å². The van der Waals surface area contributed by atoms with E-state index in [1.165, 1.54) is 0 Å². The average molecular weight is 368 g/mol. The third-order valence-electron chi connectivity index (χ3n) is 0. The second-order valence-electron chi connectivity index (χ2n) is 0. The summed E-state index contributed by atoms with van der Waals surface area (Å²) in [6.45, 7) is 0. The fraction of sp³-hybridized carbons (Fsp3) is 0. The van der Waals surface area contributed by atoms with Gasteiger partial charge in [-0.2, -0.15) is 0 Å². The molecular weight excluding hydrogens is 366 g/mol. The average Bonchev–Trinajstić information content (AvgIpc) is 0. The smallest absolute Gasteiger partial charge is 0 e. The maximum absolute atomic E-state index is 0. The Morgan fingerprint density at radius 3 is 1.00 bits per heavy atom. The first-order valence-corrected chi connectivity index (χ1v) is 0. The summed E-state index contributed by atoms with van der Waals surface area (Å²) in [6, 6.07) is 0. The molecular formula is H2LaLiOTl. The van der Waals surface area contributed by atoms with E-state index in [0.717, 1.165) is 0 Å². The van der Waals surface area contributed by atoms with Gasteiger partial charge in [0.1, 0.15) is 0 Å². The molecule has 0 saturated carbocycles. The van der Waals surface area contributed by atoms with Crippen molar-refractivity contribution >= 4 is 46.2 Å². The van der Waals surface area contributed by atoms with Gasteiger partial charge in [0.25, 0.3) is 0 Å². The first-order valence-electron chi connectivity index (χ1n) is 0. The van der Waals surface area contributed by atoms with Crippen LogP contribution in [0.1, 0.15) is 0 Å². The Balaban J connectivity index is 0. The van der Waals surface area contributed by atoms with Crippen molar-refractivity contribution in [2.75, 3.05) is 0 Å². The quantitative estimate of drug-likeness (QED) is 0.462. The van der Waals surface area contributed by atoms with E-state index >= 15 is 0 Å². The Morgan fingerprint density at radius 2 is 1.00 bits per heavy atom. The molecule has 15 valence electrons. The minimum absolute atomic E-state index is 0. The van der Waals surface area contributed by atoms with Crippen LogP contribution in [0.25, 0.3) is 0 Å². The van der Waals surface area contributed by atoms with Crippen molar-refractivity contribution in [1.29, 1.82) is 0 Å². The molecule has 0 fully saturated rings. The van der Waals surface area contributed by atoms with Crippen LogP contribution < -0.4 is 0 Å². The molecule has 0 saturated heterocycles. The Labute approximate surface area is 85.5 Å². The maximum Gasteiger partial charge on any atom is 0 e. The monoisotopic (exact) mass is 369 g/mol. The molecule has 0 aliphatic rings. The van der Waals surface area contributed by atoms with E-state index in [-0.39, 0.29) is 87.2 Å². The van der Waals surface area contributed by atoms with Gasteiger partial charge in [0.2, 0.25) is 0 Å². The van der Waals surface area contributed by atoms with E-state index in [2.05, 4.69) is 0 Å². The minimum Gasteiger partial charge on any atom is -0.412 e. The number of hydrogen-bond acceptors (Lipinski definition) is 0. The van der Waals surface area contributed by atoms with Gasteiger partial charge in [0.15, 0.2) is 0 Å². The van der Waals surface area contributed by atoms with E-state index in [0.29, 0.717) is 0 Å². The minimum atomic E-state index is 0. The van der Waals surface area contributed by atoms with Gasteiger partial charge in [0.05, 0.1) is 0 Å². The summed E-state index contributed by atoms with van der Waals surface area (Å²) in [7, 11) is 0. The van der Waals surface area contributed by atoms with Gasteiger partial charge in [0, 0.05) is 81.8 Å². The molecule has 0 heterocycles. The second-order valence-corrected chi connectivity index (χ2v) is 0. The van der Waals surface area contributed by atoms with Gasteiger partial charge >= 0.3 is 0 Å². The second kappa shape index (κ2) is 17.3. The fourth-order valence-electron chi connectivity index (χ4n) is 0. The van der Waals surface area contributed by atoms with Crippen LogP contribution in [0.4, 0.5) is 0 Å². The van der Waals surface area contributed by atoms with E-state index in [1.807, 2.05) is 0 Å². The molecule has 0 amide bonds. The van der Waals surface area contributed by atoms with Crippen molar-refractivity contribution in [3.8, 4) is 0 Å². The Hall–Kier alpha value is 2.67. The fourth-order valence-corrected chi connectivity index (χ4v) is 0. The zero-order valence-electron chi connectivity index (χ0n) is 2.65. The third kappa shape index (κ3) is 8.82. The van der Waals surface area contributed by atoms with Gasteiger partial charge in [-0.25, -0.2) is 0 Å². The largest absolute Gasteiger partial charge is 0.412 e. The van der Waals surface area contributed by atoms with Crippen LogP contribution in [0.2, 0.25) is 0 Å². The van der Waals surface area contributed by atoms with E-state index in [4.69, 9.17) is 0 Å². The molecule has 0 aromatic heterocycles. The first kappa shape index (κ1) is 30.0. The summed E-state index contributed by atoms with van der Waals surface area (Å²) < 4.78 is 0. The molecule has 0 aliphatic carbocycles. The summed E-state index contributed by atoms with van der Waals surface area (Å²) in [5.41, 5.74) is 0. The maximum atomic E-state index is 0. The summed E-state index contributed by atoms with van der Waals surface area (Å²) in [6.07, 6.45) is 0. The van der Waals surface area contributed by atoms with E-state index < -0.39 is 0 Å². The molecule has 1 nitrogen and oxygen atoms in total. The van der Waals surface area contributed by atoms with Gasteiger partial charge < -0.3 is 5.48 Å². The normalized spacial score (nSPS) is 0. The predicted octanol–water partition coefficient (Wildman–Crippen LogP) is -1.59. The zero-order chi connectivity index (χ0) is 0. The van der Waals surface area contributed by atoms with Gasteiger partial charge in [-0.05, 0) is 0 Å². The summed E-state index contributed by atoms with van der Waals surface area (Å²) in [4.78, 5) is 0. The number of hydrogen-bond donors (Lipinski definition) is 0. The van der Waals surface area contributed by atoms with Crippen LogP contribution in [0.5, 0.6) is 0 Å². The van der Waals surface area contributed by atoms with Crippen molar-refractivity contribution in [2.45, 2.75) is 0 Å². The summed E-state index contributed by atoms with van der Waals surface area (Å²) in [5, 5.41) is 0. The third-order valence-corrected chi connectivity index (χ3v) is 0. The van der Waals surface area contributed by atoms with Gasteiger partial charge in [-0.15, -0.1) is 0 Å². The molecule has 0 rings (SSSR count). The van der Waals surface area contributed by atoms with Crippen LogP contribution in [-0.2, 0) is 0 Å².